The van der Waals surface area contributed by atoms with E-state index in [0.29, 0.717) is 6.42 Å². The van der Waals surface area contributed by atoms with Crippen LogP contribution in [0.25, 0.3) is 0 Å². The molecule has 0 aliphatic heterocycles. The molecule has 0 saturated heterocycles. The lowest BCUT2D eigenvalue weighted by atomic mass is 10.2. The molecule has 0 saturated carbocycles. The normalized spacial score (nSPS) is 14.6. The molecule has 0 fully saturated rings. The molecule has 2 atom stereocenters. The van der Waals surface area contributed by atoms with Gasteiger partial charge in [0.15, 0.2) is 5.69 Å². The highest BCUT2D eigenvalue weighted by molar-refractivity contribution is 5.87. The number of carbonyl (C=O) groups is 2. The van der Waals surface area contributed by atoms with E-state index >= 15 is 0 Å². The molecule has 0 aromatic carbocycles. The zero-order valence-corrected chi connectivity index (χ0v) is 11.6. The van der Waals surface area contributed by atoms with Crippen molar-refractivity contribution < 1.29 is 27.9 Å². The van der Waals surface area contributed by atoms with Crippen LogP contribution in [0.15, 0.2) is 0 Å². The van der Waals surface area contributed by atoms with Gasteiger partial charge in [-0.25, -0.2) is 9.48 Å². The van der Waals surface area contributed by atoms with Crippen LogP contribution >= 0.6 is 0 Å². The first-order valence-corrected chi connectivity index (χ1v) is 6.15. The highest BCUT2D eigenvalue weighted by Gasteiger charge is 2.43. The van der Waals surface area contributed by atoms with Gasteiger partial charge in [-0.1, -0.05) is 12.1 Å². The number of aromatic carboxylic acids is 1. The van der Waals surface area contributed by atoms with Crippen molar-refractivity contribution in [1.82, 2.24) is 20.3 Å². The second kappa shape index (κ2) is 6.10. The minimum Gasteiger partial charge on any atom is -0.476 e. The summed E-state index contributed by atoms with van der Waals surface area (Å²) in [7, 11) is 0. The maximum Gasteiger partial charge on any atom is 0.435 e. The zero-order chi connectivity index (χ0) is 16.4. The number of rotatable bonds is 5. The van der Waals surface area contributed by atoms with Crippen LogP contribution in [0.1, 0.15) is 49.4 Å². The molecule has 0 aliphatic carbocycles. The Morgan fingerprint density at radius 1 is 1.38 bits per heavy atom. The Labute approximate surface area is 118 Å². The number of hydrogen-bond acceptors (Lipinski definition) is 4. The Morgan fingerprint density at radius 2 is 1.95 bits per heavy atom. The lowest BCUT2D eigenvalue weighted by molar-refractivity contribution is -0.146. The Hall–Kier alpha value is -2.13. The van der Waals surface area contributed by atoms with Crippen LogP contribution in [0.2, 0.25) is 0 Å². The van der Waals surface area contributed by atoms with Crippen molar-refractivity contribution in [2.24, 2.45) is 0 Å². The predicted octanol–water partition coefficient (Wildman–Crippen LogP) is 1.47. The first-order valence-electron chi connectivity index (χ1n) is 6.15. The molecule has 21 heavy (non-hydrogen) atoms. The molecule has 0 aliphatic rings. The monoisotopic (exact) mass is 308 g/mol. The third kappa shape index (κ3) is 3.70. The van der Waals surface area contributed by atoms with Gasteiger partial charge in [0.2, 0.25) is 11.6 Å². The summed E-state index contributed by atoms with van der Waals surface area (Å²) >= 11 is 0. The van der Waals surface area contributed by atoms with Crippen molar-refractivity contribution in [1.29, 1.82) is 0 Å². The molecule has 1 aromatic heterocycles. The van der Waals surface area contributed by atoms with Crippen LogP contribution in [0, 0.1) is 0 Å². The van der Waals surface area contributed by atoms with Crippen molar-refractivity contribution >= 4 is 11.9 Å². The topological polar surface area (TPSA) is 97.1 Å². The van der Waals surface area contributed by atoms with Gasteiger partial charge in [0, 0.05) is 6.04 Å². The molecule has 118 valence electrons. The number of nitrogens with zero attached hydrogens (tertiary/aromatic N) is 3. The number of aromatic nitrogens is 3. The van der Waals surface area contributed by atoms with Crippen LogP contribution < -0.4 is 5.32 Å². The summed E-state index contributed by atoms with van der Waals surface area (Å²) in [6, 6.07) is -1.56. The Balaban J connectivity index is 3.19. The van der Waals surface area contributed by atoms with Crippen molar-refractivity contribution in [3.05, 3.63) is 11.4 Å². The summed E-state index contributed by atoms with van der Waals surface area (Å²) in [6.07, 6.45) is -4.38. The fourth-order valence-electron chi connectivity index (χ4n) is 1.55. The number of carboxylic acid groups (broad SMARTS) is 1. The fourth-order valence-corrected chi connectivity index (χ4v) is 1.55. The van der Waals surface area contributed by atoms with E-state index in [4.69, 9.17) is 5.11 Å². The maximum absolute atomic E-state index is 13.0. The van der Waals surface area contributed by atoms with Crippen LogP contribution in [0.5, 0.6) is 0 Å². The van der Waals surface area contributed by atoms with Crippen LogP contribution in [-0.4, -0.2) is 38.0 Å². The SMILES string of the molecule is CCC(C)NC(=O)C(C)n1nnc(C(=O)O)c1C(F)(F)F. The van der Waals surface area contributed by atoms with Gasteiger partial charge < -0.3 is 10.4 Å². The summed E-state index contributed by atoms with van der Waals surface area (Å²) in [5.74, 6) is -2.56. The summed E-state index contributed by atoms with van der Waals surface area (Å²) in [4.78, 5) is 22.6. The van der Waals surface area contributed by atoms with Crippen molar-refractivity contribution in [3.8, 4) is 0 Å². The second-order valence-corrected chi connectivity index (χ2v) is 4.53. The third-order valence-corrected chi connectivity index (χ3v) is 2.91. The molecule has 0 spiro atoms. The number of nitrogens with one attached hydrogen (secondary N) is 1. The number of carbonyl (C=O) groups excluding carboxylic acids is 1. The van der Waals surface area contributed by atoms with Gasteiger partial charge in [0.05, 0.1) is 0 Å². The Morgan fingerprint density at radius 3 is 2.38 bits per heavy atom. The highest BCUT2D eigenvalue weighted by Crippen LogP contribution is 2.32. The third-order valence-electron chi connectivity index (χ3n) is 2.91. The zero-order valence-electron chi connectivity index (χ0n) is 11.6. The summed E-state index contributed by atoms with van der Waals surface area (Å²) in [5, 5.41) is 17.4. The summed E-state index contributed by atoms with van der Waals surface area (Å²) in [6.45, 7) is 4.68. The van der Waals surface area contributed by atoms with Gasteiger partial charge in [0.25, 0.3) is 0 Å². The van der Waals surface area contributed by atoms with E-state index < -0.39 is 35.5 Å². The molecular formula is C11H15F3N4O3. The Bertz CT molecular complexity index is 541. The van der Waals surface area contributed by atoms with Gasteiger partial charge in [-0.05, 0) is 20.3 Å². The van der Waals surface area contributed by atoms with Crippen LogP contribution in [0.4, 0.5) is 13.2 Å². The number of halogens is 3. The van der Waals surface area contributed by atoms with E-state index in [9.17, 15) is 22.8 Å². The number of carboxylic acids is 1. The number of amides is 1. The van der Waals surface area contributed by atoms with Crippen LogP contribution in [0.3, 0.4) is 0 Å². The van der Waals surface area contributed by atoms with E-state index in [-0.39, 0.29) is 10.7 Å². The van der Waals surface area contributed by atoms with E-state index in [2.05, 4.69) is 15.6 Å². The molecule has 0 bridgehead atoms. The van der Waals surface area contributed by atoms with Gasteiger partial charge in [-0.3, -0.25) is 4.79 Å². The minimum absolute atomic E-state index is 0.225. The number of hydrogen-bond donors (Lipinski definition) is 2. The average molecular weight is 308 g/mol. The second-order valence-electron chi connectivity index (χ2n) is 4.53. The molecule has 1 amide bonds. The Kier molecular flexibility index (Phi) is 4.92. The molecule has 1 rings (SSSR count). The molecule has 1 heterocycles. The van der Waals surface area contributed by atoms with Gasteiger partial charge in [-0.15, -0.1) is 5.10 Å². The first-order chi connectivity index (χ1) is 9.59. The van der Waals surface area contributed by atoms with E-state index in [1.165, 1.54) is 6.92 Å². The average Bonchev–Trinajstić information content (AvgIpc) is 2.82. The molecular weight excluding hydrogens is 293 g/mol. The first kappa shape index (κ1) is 16.9. The molecule has 2 N–H and O–H groups in total. The minimum atomic E-state index is -4.98. The van der Waals surface area contributed by atoms with Gasteiger partial charge >= 0.3 is 12.1 Å². The molecule has 7 nitrogen and oxygen atoms in total. The highest BCUT2D eigenvalue weighted by atomic mass is 19.4. The quantitative estimate of drug-likeness (QED) is 0.858. The predicted molar refractivity (Wildman–Crippen MR) is 64.6 cm³/mol. The smallest absolute Gasteiger partial charge is 0.435 e. The van der Waals surface area contributed by atoms with Crippen molar-refractivity contribution in [2.45, 2.75) is 45.5 Å². The van der Waals surface area contributed by atoms with Gasteiger partial charge in [-0.2, -0.15) is 13.2 Å². The van der Waals surface area contributed by atoms with Gasteiger partial charge in [0.1, 0.15) is 6.04 Å². The molecule has 0 radical (unpaired) electrons. The standard InChI is InChI=1S/C11H15F3N4O3/c1-4-5(2)15-9(19)6(3)18-8(11(12,13)14)7(10(20)21)16-17-18/h5-6H,4H2,1-3H3,(H,15,19)(H,20,21). The summed E-state index contributed by atoms with van der Waals surface area (Å²) in [5.41, 5.74) is -2.78. The van der Waals surface area contributed by atoms with Crippen molar-refractivity contribution in [2.75, 3.05) is 0 Å². The van der Waals surface area contributed by atoms with E-state index in [1.54, 1.807) is 13.8 Å². The fraction of sp³-hybridized carbons (Fsp3) is 0.636. The largest absolute Gasteiger partial charge is 0.476 e. The van der Waals surface area contributed by atoms with Crippen LogP contribution in [-0.2, 0) is 11.0 Å². The lowest BCUT2D eigenvalue weighted by Crippen LogP contribution is -2.38. The summed E-state index contributed by atoms with van der Waals surface area (Å²) < 4.78 is 39.2. The lowest BCUT2D eigenvalue weighted by Gasteiger charge is -2.18. The van der Waals surface area contributed by atoms with E-state index in [0.717, 1.165) is 0 Å². The molecule has 1 aromatic rings. The molecule has 10 heteroatoms. The van der Waals surface area contributed by atoms with Crippen molar-refractivity contribution in [3.63, 3.8) is 0 Å². The molecule has 2 unspecified atom stereocenters. The maximum atomic E-state index is 13.0. The van der Waals surface area contributed by atoms with E-state index in [1.807, 2.05) is 0 Å². The number of alkyl halides is 3.